The summed E-state index contributed by atoms with van der Waals surface area (Å²) in [4.78, 5) is 13.3. The Balaban J connectivity index is 1.22. The molecule has 0 atom stereocenters. The summed E-state index contributed by atoms with van der Waals surface area (Å²) in [6.45, 7) is 1.82. The van der Waals surface area contributed by atoms with Crippen molar-refractivity contribution in [3.05, 3.63) is 115 Å². The monoisotopic (exact) mass is 485 g/mol. The van der Waals surface area contributed by atoms with Gasteiger partial charge in [-0.15, -0.1) is 0 Å². The molecular weight excluding hydrogens is 462 g/mol. The van der Waals surface area contributed by atoms with Crippen molar-refractivity contribution in [2.45, 2.75) is 6.92 Å². The fourth-order valence-corrected chi connectivity index (χ4v) is 3.29. The average molecular weight is 486 g/mol. The van der Waals surface area contributed by atoms with E-state index in [1.54, 1.807) is 0 Å². The number of azo groups is 2. The Morgan fingerprint density at radius 3 is 1.16 bits per heavy atom. The van der Waals surface area contributed by atoms with Crippen LogP contribution in [0.2, 0.25) is 0 Å². The molecule has 0 aliphatic rings. The Labute approximate surface area is 214 Å². The molecule has 0 spiro atoms. The molecule has 37 heavy (non-hydrogen) atoms. The summed E-state index contributed by atoms with van der Waals surface area (Å²) in [5.74, 6) is 1.45. The molecular formula is C28H23N9. The van der Waals surface area contributed by atoms with Crippen LogP contribution in [0.25, 0.3) is 0 Å². The molecule has 1 aromatic heterocycles. The van der Waals surface area contributed by atoms with E-state index in [2.05, 4.69) is 46.0 Å². The van der Waals surface area contributed by atoms with Crippen LogP contribution in [0.1, 0.15) is 5.82 Å². The third kappa shape index (κ3) is 6.86. The van der Waals surface area contributed by atoms with Crippen LogP contribution in [-0.2, 0) is 0 Å². The summed E-state index contributed by atoms with van der Waals surface area (Å²) in [6.07, 6.45) is 0. The van der Waals surface area contributed by atoms with Gasteiger partial charge in [-0.1, -0.05) is 36.4 Å². The lowest BCUT2D eigenvalue weighted by atomic mass is 10.3. The molecule has 2 N–H and O–H groups in total. The van der Waals surface area contributed by atoms with Crippen LogP contribution in [0.4, 0.5) is 46.0 Å². The highest BCUT2D eigenvalue weighted by Gasteiger charge is 2.06. The average Bonchev–Trinajstić information content (AvgIpc) is 2.93. The van der Waals surface area contributed by atoms with Gasteiger partial charge < -0.3 is 10.6 Å². The summed E-state index contributed by atoms with van der Waals surface area (Å²) in [7, 11) is 0. The molecule has 0 saturated carbocycles. The lowest BCUT2D eigenvalue weighted by Gasteiger charge is -2.09. The van der Waals surface area contributed by atoms with Gasteiger partial charge in [-0.05, 0) is 79.7 Å². The third-order valence-corrected chi connectivity index (χ3v) is 5.07. The lowest BCUT2D eigenvalue weighted by molar-refractivity contribution is 0.989. The molecule has 5 aromatic rings. The maximum absolute atomic E-state index is 4.49. The first kappa shape index (κ1) is 23.4. The van der Waals surface area contributed by atoms with E-state index >= 15 is 0 Å². The number of nitrogens with one attached hydrogen (secondary N) is 2. The van der Waals surface area contributed by atoms with Gasteiger partial charge in [-0.25, -0.2) is 0 Å². The largest absolute Gasteiger partial charge is 0.324 e. The predicted octanol–water partition coefficient (Wildman–Crippen LogP) is 8.50. The summed E-state index contributed by atoms with van der Waals surface area (Å²) in [5.41, 5.74) is 4.74. The Hall–Kier alpha value is -5.31. The zero-order chi connectivity index (χ0) is 25.3. The Kier molecular flexibility index (Phi) is 7.23. The van der Waals surface area contributed by atoms with Gasteiger partial charge in [0.15, 0.2) is 0 Å². The smallest absolute Gasteiger partial charge is 0.232 e. The summed E-state index contributed by atoms with van der Waals surface area (Å²) < 4.78 is 0. The van der Waals surface area contributed by atoms with E-state index in [1.807, 2.05) is 116 Å². The third-order valence-electron chi connectivity index (χ3n) is 5.07. The van der Waals surface area contributed by atoms with Crippen molar-refractivity contribution in [3.8, 4) is 0 Å². The lowest BCUT2D eigenvalue weighted by Crippen LogP contribution is -2.05. The van der Waals surface area contributed by atoms with Crippen LogP contribution in [0, 0.1) is 6.92 Å². The van der Waals surface area contributed by atoms with Gasteiger partial charge in [0.05, 0.1) is 22.7 Å². The highest BCUT2D eigenvalue weighted by atomic mass is 15.2. The second-order valence-corrected chi connectivity index (χ2v) is 7.94. The molecule has 0 saturated heterocycles. The van der Waals surface area contributed by atoms with E-state index in [0.717, 1.165) is 34.1 Å². The van der Waals surface area contributed by atoms with Gasteiger partial charge in [0.25, 0.3) is 0 Å². The topological polar surface area (TPSA) is 112 Å². The van der Waals surface area contributed by atoms with E-state index in [9.17, 15) is 0 Å². The van der Waals surface area contributed by atoms with Crippen molar-refractivity contribution < 1.29 is 0 Å². The van der Waals surface area contributed by atoms with E-state index in [1.165, 1.54) is 0 Å². The van der Waals surface area contributed by atoms with Crippen LogP contribution in [0.15, 0.2) is 130 Å². The van der Waals surface area contributed by atoms with Crippen LogP contribution in [0.5, 0.6) is 0 Å². The first-order valence-corrected chi connectivity index (χ1v) is 11.6. The zero-order valence-corrected chi connectivity index (χ0v) is 20.0. The SMILES string of the molecule is Cc1nc(Nc2ccc(N=Nc3ccccc3)cc2)nc(Nc2ccc(N=Nc3ccccc3)cc2)n1. The first-order valence-electron chi connectivity index (χ1n) is 11.6. The van der Waals surface area contributed by atoms with E-state index in [0.29, 0.717) is 17.7 Å². The minimum atomic E-state index is 0.432. The second-order valence-electron chi connectivity index (χ2n) is 7.94. The van der Waals surface area contributed by atoms with Crippen molar-refractivity contribution in [2.24, 2.45) is 20.5 Å². The number of aryl methyl sites for hydroxylation is 1. The van der Waals surface area contributed by atoms with Crippen molar-refractivity contribution in [3.63, 3.8) is 0 Å². The number of rotatable bonds is 8. The summed E-state index contributed by atoms with van der Waals surface area (Å²) in [5, 5.41) is 23.4. The Bertz CT molecular complexity index is 1390. The van der Waals surface area contributed by atoms with Crippen molar-refractivity contribution in [2.75, 3.05) is 10.6 Å². The number of benzene rings is 4. The van der Waals surface area contributed by atoms with Crippen molar-refractivity contribution in [1.82, 2.24) is 15.0 Å². The van der Waals surface area contributed by atoms with E-state index in [4.69, 9.17) is 0 Å². The van der Waals surface area contributed by atoms with Crippen LogP contribution < -0.4 is 10.6 Å². The van der Waals surface area contributed by atoms with Gasteiger partial charge in [0, 0.05) is 11.4 Å². The second kappa shape index (κ2) is 11.4. The van der Waals surface area contributed by atoms with Crippen LogP contribution >= 0.6 is 0 Å². The van der Waals surface area contributed by atoms with Gasteiger partial charge in [0.2, 0.25) is 11.9 Å². The number of anilines is 4. The van der Waals surface area contributed by atoms with Gasteiger partial charge in [-0.3, -0.25) is 0 Å². The summed E-state index contributed by atoms with van der Waals surface area (Å²) in [6, 6.07) is 34.3. The molecule has 9 heteroatoms. The normalized spacial score (nSPS) is 11.2. The summed E-state index contributed by atoms with van der Waals surface area (Å²) >= 11 is 0. The van der Waals surface area contributed by atoms with Crippen molar-refractivity contribution >= 4 is 46.0 Å². The van der Waals surface area contributed by atoms with Gasteiger partial charge >= 0.3 is 0 Å². The van der Waals surface area contributed by atoms with Crippen LogP contribution in [-0.4, -0.2) is 15.0 Å². The van der Waals surface area contributed by atoms with Gasteiger partial charge in [0.1, 0.15) is 5.82 Å². The molecule has 0 aliphatic carbocycles. The molecule has 0 amide bonds. The molecule has 0 unspecified atom stereocenters. The maximum atomic E-state index is 4.49. The fourth-order valence-electron chi connectivity index (χ4n) is 3.29. The highest BCUT2D eigenvalue weighted by molar-refractivity contribution is 5.60. The van der Waals surface area contributed by atoms with E-state index in [-0.39, 0.29) is 0 Å². The molecule has 5 rings (SSSR count). The van der Waals surface area contributed by atoms with Crippen LogP contribution in [0.3, 0.4) is 0 Å². The molecule has 9 nitrogen and oxygen atoms in total. The fraction of sp³-hybridized carbons (Fsp3) is 0.0357. The first-order chi connectivity index (χ1) is 18.2. The number of hydrogen-bond donors (Lipinski definition) is 2. The molecule has 180 valence electrons. The Morgan fingerprint density at radius 1 is 0.432 bits per heavy atom. The molecule has 0 fully saturated rings. The Morgan fingerprint density at radius 2 is 0.784 bits per heavy atom. The number of nitrogens with zero attached hydrogens (tertiary/aromatic N) is 7. The number of hydrogen-bond acceptors (Lipinski definition) is 9. The quantitative estimate of drug-likeness (QED) is 0.214. The molecule has 0 aliphatic heterocycles. The predicted molar refractivity (Wildman–Crippen MR) is 145 cm³/mol. The minimum absolute atomic E-state index is 0.432. The highest BCUT2D eigenvalue weighted by Crippen LogP contribution is 2.24. The van der Waals surface area contributed by atoms with Gasteiger partial charge in [-0.2, -0.15) is 35.4 Å². The minimum Gasteiger partial charge on any atom is -0.324 e. The van der Waals surface area contributed by atoms with Crippen molar-refractivity contribution in [1.29, 1.82) is 0 Å². The number of aromatic nitrogens is 3. The molecule has 0 radical (unpaired) electrons. The zero-order valence-electron chi connectivity index (χ0n) is 20.0. The maximum Gasteiger partial charge on any atom is 0.232 e. The standard InChI is InChI=1S/C28H23N9/c1-20-29-27(31-21-12-16-25(17-13-21)36-34-23-8-4-2-5-9-23)33-28(30-20)32-22-14-18-26(19-15-22)37-35-24-10-6-3-7-11-24/h2-19H,1H3,(H2,29,30,31,32,33). The molecule has 4 aromatic carbocycles. The molecule has 0 bridgehead atoms. The molecule has 1 heterocycles. The van der Waals surface area contributed by atoms with E-state index < -0.39 is 0 Å².